The number of nitrogens with one attached hydrogen (secondary N) is 2. The number of hydrogen-bond donors (Lipinski definition) is 2. The molecule has 1 aromatic heterocycles. The molecular formula is C16H24N2O2S. The first-order valence-electron chi connectivity index (χ1n) is 7.45. The van der Waals surface area contributed by atoms with Gasteiger partial charge in [0.2, 0.25) is 5.91 Å². The lowest BCUT2D eigenvalue weighted by Crippen LogP contribution is -2.42. The molecule has 0 radical (unpaired) electrons. The molecule has 0 saturated carbocycles. The summed E-state index contributed by atoms with van der Waals surface area (Å²) in [4.78, 5) is 25.8. The van der Waals surface area contributed by atoms with E-state index in [9.17, 15) is 9.59 Å². The van der Waals surface area contributed by atoms with Crippen molar-refractivity contribution in [2.75, 3.05) is 0 Å². The summed E-state index contributed by atoms with van der Waals surface area (Å²) >= 11 is 1.55. The highest BCUT2D eigenvalue weighted by atomic mass is 32.1. The van der Waals surface area contributed by atoms with Gasteiger partial charge in [-0.3, -0.25) is 20.4 Å². The molecule has 0 fully saturated rings. The van der Waals surface area contributed by atoms with Gasteiger partial charge in [-0.15, -0.1) is 11.3 Å². The van der Waals surface area contributed by atoms with Crippen LogP contribution in [0.4, 0.5) is 0 Å². The third kappa shape index (κ3) is 4.56. The maximum Gasteiger partial charge on any atom is 0.279 e. The van der Waals surface area contributed by atoms with Gasteiger partial charge in [-0.05, 0) is 42.2 Å². The topological polar surface area (TPSA) is 58.2 Å². The van der Waals surface area contributed by atoms with Gasteiger partial charge >= 0.3 is 0 Å². The van der Waals surface area contributed by atoms with Crippen molar-refractivity contribution in [3.63, 3.8) is 0 Å². The van der Waals surface area contributed by atoms with Gasteiger partial charge in [-0.1, -0.05) is 27.7 Å². The van der Waals surface area contributed by atoms with E-state index in [4.69, 9.17) is 0 Å². The summed E-state index contributed by atoms with van der Waals surface area (Å²) in [7, 11) is 0. The van der Waals surface area contributed by atoms with Crippen LogP contribution in [0.25, 0.3) is 0 Å². The minimum Gasteiger partial charge on any atom is -0.273 e. The summed E-state index contributed by atoms with van der Waals surface area (Å²) in [5, 5.41) is 0. The maximum absolute atomic E-state index is 12.1. The zero-order valence-electron chi connectivity index (χ0n) is 13.2. The fourth-order valence-electron chi connectivity index (χ4n) is 2.53. The molecule has 0 aliphatic heterocycles. The van der Waals surface area contributed by atoms with Crippen LogP contribution in [-0.2, 0) is 17.6 Å². The molecule has 0 saturated heterocycles. The molecule has 1 heterocycles. The van der Waals surface area contributed by atoms with Crippen molar-refractivity contribution in [3.05, 3.63) is 21.4 Å². The van der Waals surface area contributed by atoms with Crippen LogP contribution in [0, 0.1) is 11.3 Å². The Balaban J connectivity index is 1.91. The minimum absolute atomic E-state index is 0.0903. The summed E-state index contributed by atoms with van der Waals surface area (Å²) in [6, 6.07) is 1.97. The van der Waals surface area contributed by atoms with E-state index in [-0.39, 0.29) is 17.2 Å². The first kappa shape index (κ1) is 16.0. The Hall–Kier alpha value is -1.36. The normalized spacial score (nSPS) is 18.0. The van der Waals surface area contributed by atoms with Crippen molar-refractivity contribution in [1.29, 1.82) is 0 Å². The Bertz CT molecular complexity index is 543. The van der Waals surface area contributed by atoms with Crippen molar-refractivity contribution < 1.29 is 9.59 Å². The van der Waals surface area contributed by atoms with Crippen LogP contribution in [0.3, 0.4) is 0 Å². The van der Waals surface area contributed by atoms with Crippen molar-refractivity contribution >= 4 is 23.2 Å². The van der Waals surface area contributed by atoms with Gasteiger partial charge in [0.25, 0.3) is 5.91 Å². The van der Waals surface area contributed by atoms with Crippen molar-refractivity contribution in [3.8, 4) is 0 Å². The third-order valence-electron chi connectivity index (χ3n) is 3.56. The number of hydrogen-bond acceptors (Lipinski definition) is 3. The van der Waals surface area contributed by atoms with Crippen LogP contribution in [0.1, 0.15) is 60.6 Å². The Kier molecular flexibility index (Phi) is 4.71. The average molecular weight is 308 g/mol. The fraction of sp³-hybridized carbons (Fsp3) is 0.625. The van der Waals surface area contributed by atoms with E-state index in [2.05, 4.69) is 17.8 Å². The van der Waals surface area contributed by atoms with Gasteiger partial charge in [0, 0.05) is 11.3 Å². The van der Waals surface area contributed by atoms with Crippen molar-refractivity contribution in [1.82, 2.24) is 10.9 Å². The highest BCUT2D eigenvalue weighted by Gasteiger charge is 2.21. The number of thiophene rings is 1. The summed E-state index contributed by atoms with van der Waals surface area (Å²) < 4.78 is 0. The molecule has 0 aromatic carbocycles. The SMILES string of the molecule is CC1CCc2sc(C(=O)NNC(=O)CC(C)(C)C)cc2C1. The molecular weight excluding hydrogens is 284 g/mol. The molecule has 0 spiro atoms. The summed E-state index contributed by atoms with van der Waals surface area (Å²) in [5.74, 6) is 0.310. The zero-order valence-corrected chi connectivity index (χ0v) is 14.0. The van der Waals surface area contributed by atoms with Crippen LogP contribution >= 0.6 is 11.3 Å². The van der Waals surface area contributed by atoms with Crippen LogP contribution in [-0.4, -0.2) is 11.8 Å². The molecule has 1 atom stereocenters. The van der Waals surface area contributed by atoms with E-state index in [1.807, 2.05) is 26.8 Å². The third-order valence-corrected chi connectivity index (χ3v) is 4.80. The second-order valence-corrected chi connectivity index (χ2v) is 8.28. The van der Waals surface area contributed by atoms with Gasteiger partial charge in [0.05, 0.1) is 4.88 Å². The standard InChI is InChI=1S/C16H24N2O2S/c1-10-5-6-12-11(7-10)8-13(21-12)15(20)18-17-14(19)9-16(2,3)4/h8,10H,5-7,9H2,1-4H3,(H,17,19)(H,18,20). The van der Waals surface area contributed by atoms with Crippen LogP contribution in [0.2, 0.25) is 0 Å². The largest absolute Gasteiger partial charge is 0.279 e. The molecule has 1 unspecified atom stereocenters. The molecule has 2 rings (SSSR count). The van der Waals surface area contributed by atoms with Crippen molar-refractivity contribution in [2.45, 2.75) is 53.4 Å². The van der Waals surface area contributed by atoms with Gasteiger partial charge in [-0.2, -0.15) is 0 Å². The predicted octanol–water partition coefficient (Wildman–Crippen LogP) is 3.07. The lowest BCUT2D eigenvalue weighted by atomic mass is 9.90. The number of carbonyl (C=O) groups excluding carboxylic acids is 2. The molecule has 21 heavy (non-hydrogen) atoms. The molecule has 4 nitrogen and oxygen atoms in total. The lowest BCUT2D eigenvalue weighted by molar-refractivity contribution is -0.123. The summed E-state index contributed by atoms with van der Waals surface area (Å²) in [6.45, 7) is 8.21. The van der Waals surface area contributed by atoms with E-state index in [1.54, 1.807) is 11.3 Å². The second-order valence-electron chi connectivity index (χ2n) is 7.15. The first-order chi connectivity index (χ1) is 9.74. The van der Waals surface area contributed by atoms with Crippen LogP contribution in [0.5, 0.6) is 0 Å². The highest BCUT2D eigenvalue weighted by Crippen LogP contribution is 2.32. The number of carbonyl (C=O) groups is 2. The number of fused-ring (bicyclic) bond motifs is 1. The van der Waals surface area contributed by atoms with E-state index in [1.165, 1.54) is 16.9 Å². The Morgan fingerprint density at radius 3 is 2.71 bits per heavy atom. The first-order valence-corrected chi connectivity index (χ1v) is 8.27. The van der Waals surface area contributed by atoms with Gasteiger partial charge < -0.3 is 0 Å². The van der Waals surface area contributed by atoms with Crippen molar-refractivity contribution in [2.24, 2.45) is 11.3 Å². The Labute approximate surface area is 130 Å². The average Bonchev–Trinajstić information content (AvgIpc) is 2.76. The Morgan fingerprint density at radius 1 is 1.33 bits per heavy atom. The molecule has 116 valence electrons. The second kappa shape index (κ2) is 6.18. The van der Waals surface area contributed by atoms with E-state index in [0.29, 0.717) is 17.2 Å². The highest BCUT2D eigenvalue weighted by molar-refractivity contribution is 7.14. The molecule has 2 N–H and O–H groups in total. The van der Waals surface area contributed by atoms with Gasteiger partial charge in [-0.25, -0.2) is 0 Å². The lowest BCUT2D eigenvalue weighted by Gasteiger charge is -2.17. The monoisotopic (exact) mass is 308 g/mol. The fourth-order valence-corrected chi connectivity index (χ4v) is 3.64. The summed E-state index contributed by atoms with van der Waals surface area (Å²) in [6.07, 6.45) is 3.68. The number of rotatable bonds is 2. The predicted molar refractivity (Wildman–Crippen MR) is 85.2 cm³/mol. The number of amides is 2. The maximum atomic E-state index is 12.1. The van der Waals surface area contributed by atoms with E-state index in [0.717, 1.165) is 12.8 Å². The zero-order chi connectivity index (χ0) is 15.6. The molecule has 1 aliphatic rings. The molecule has 5 heteroatoms. The van der Waals surface area contributed by atoms with Crippen LogP contribution < -0.4 is 10.9 Å². The molecule has 2 amide bonds. The number of aryl methyl sites for hydroxylation is 1. The minimum atomic E-state index is -0.218. The quantitative estimate of drug-likeness (QED) is 0.825. The van der Waals surface area contributed by atoms with Gasteiger partial charge in [0.15, 0.2) is 0 Å². The van der Waals surface area contributed by atoms with E-state index >= 15 is 0 Å². The molecule has 1 aliphatic carbocycles. The molecule has 0 bridgehead atoms. The number of hydrazine groups is 1. The van der Waals surface area contributed by atoms with Gasteiger partial charge in [0.1, 0.15) is 0 Å². The summed E-state index contributed by atoms with van der Waals surface area (Å²) in [5.41, 5.74) is 6.21. The van der Waals surface area contributed by atoms with E-state index < -0.39 is 0 Å². The van der Waals surface area contributed by atoms with Crippen LogP contribution in [0.15, 0.2) is 6.07 Å². The Morgan fingerprint density at radius 2 is 2.05 bits per heavy atom. The molecule has 1 aromatic rings. The smallest absolute Gasteiger partial charge is 0.273 e.